The first kappa shape index (κ1) is 12.3. The van der Waals surface area contributed by atoms with Gasteiger partial charge in [-0.1, -0.05) is 6.07 Å². The fourth-order valence-corrected chi connectivity index (χ4v) is 2.24. The third-order valence-corrected chi connectivity index (χ3v) is 3.15. The molecule has 1 aliphatic heterocycles. The molecule has 0 radical (unpaired) electrons. The van der Waals surface area contributed by atoms with Crippen LogP contribution in [0.5, 0.6) is 0 Å². The Kier molecular flexibility index (Phi) is 4.34. The lowest BCUT2D eigenvalue weighted by atomic mass is 10.1. The summed E-state index contributed by atoms with van der Waals surface area (Å²) in [5, 5.41) is 9.28. The van der Waals surface area contributed by atoms with Crippen LogP contribution in [-0.4, -0.2) is 36.4 Å². The van der Waals surface area contributed by atoms with Crippen LogP contribution in [-0.2, 0) is 11.3 Å². The molecule has 1 fully saturated rings. The van der Waals surface area contributed by atoms with Crippen molar-refractivity contribution in [3.05, 3.63) is 23.9 Å². The number of rotatable bonds is 4. The summed E-state index contributed by atoms with van der Waals surface area (Å²) < 4.78 is 5.71. The smallest absolute Gasteiger partial charge is 0.133 e. The van der Waals surface area contributed by atoms with E-state index in [4.69, 9.17) is 4.74 Å². The Bertz CT molecular complexity index is 351. The highest BCUT2D eigenvalue weighted by Gasteiger charge is 2.17. The van der Waals surface area contributed by atoms with Crippen molar-refractivity contribution < 1.29 is 9.84 Å². The van der Waals surface area contributed by atoms with E-state index in [0.29, 0.717) is 6.10 Å². The van der Waals surface area contributed by atoms with Gasteiger partial charge in [0.1, 0.15) is 5.82 Å². The van der Waals surface area contributed by atoms with E-state index in [-0.39, 0.29) is 6.61 Å². The number of nitrogens with zero attached hydrogens (tertiary/aromatic N) is 2. The van der Waals surface area contributed by atoms with Gasteiger partial charge in [-0.3, -0.25) is 0 Å². The summed E-state index contributed by atoms with van der Waals surface area (Å²) in [5.41, 5.74) is 0.866. The van der Waals surface area contributed by atoms with E-state index < -0.39 is 0 Å². The molecule has 1 unspecified atom stereocenters. The van der Waals surface area contributed by atoms with Crippen molar-refractivity contribution in [2.75, 3.05) is 25.1 Å². The van der Waals surface area contributed by atoms with Gasteiger partial charge in [0.15, 0.2) is 0 Å². The van der Waals surface area contributed by atoms with Gasteiger partial charge in [-0.05, 0) is 25.3 Å². The van der Waals surface area contributed by atoms with E-state index in [1.165, 1.54) is 12.8 Å². The summed E-state index contributed by atoms with van der Waals surface area (Å²) >= 11 is 0. The third kappa shape index (κ3) is 3.17. The van der Waals surface area contributed by atoms with Gasteiger partial charge in [0.25, 0.3) is 0 Å². The number of aliphatic hydroxyl groups excluding tert-OH is 1. The Morgan fingerprint density at radius 1 is 1.53 bits per heavy atom. The van der Waals surface area contributed by atoms with Crippen LogP contribution < -0.4 is 4.90 Å². The fourth-order valence-electron chi connectivity index (χ4n) is 2.24. The Hall–Kier alpha value is -1.13. The van der Waals surface area contributed by atoms with Crippen LogP contribution in [0.25, 0.3) is 0 Å². The van der Waals surface area contributed by atoms with E-state index in [0.717, 1.165) is 31.0 Å². The first-order chi connectivity index (χ1) is 8.31. The predicted octanol–water partition coefficient (Wildman–Crippen LogP) is 1.58. The van der Waals surface area contributed by atoms with Crippen molar-refractivity contribution in [2.24, 2.45) is 0 Å². The Labute approximate surface area is 102 Å². The first-order valence-electron chi connectivity index (χ1n) is 6.18. The summed E-state index contributed by atoms with van der Waals surface area (Å²) in [4.78, 5) is 6.40. The highest BCUT2D eigenvalue weighted by molar-refractivity contribution is 5.45. The Balaban J connectivity index is 2.00. The van der Waals surface area contributed by atoms with Crippen LogP contribution in [0.15, 0.2) is 18.3 Å². The molecule has 1 saturated heterocycles. The molecule has 0 aromatic carbocycles. The molecule has 17 heavy (non-hydrogen) atoms. The summed E-state index contributed by atoms with van der Waals surface area (Å²) in [6, 6.07) is 3.75. The molecule has 0 saturated carbocycles. The molecule has 0 aliphatic carbocycles. The second kappa shape index (κ2) is 5.98. The van der Waals surface area contributed by atoms with E-state index >= 15 is 0 Å². The van der Waals surface area contributed by atoms with Crippen molar-refractivity contribution in [1.29, 1.82) is 0 Å². The highest BCUT2D eigenvalue weighted by Crippen LogP contribution is 2.19. The predicted molar refractivity (Wildman–Crippen MR) is 67.0 cm³/mol. The monoisotopic (exact) mass is 236 g/mol. The number of hydrogen-bond acceptors (Lipinski definition) is 4. The van der Waals surface area contributed by atoms with Crippen LogP contribution in [0.1, 0.15) is 24.8 Å². The van der Waals surface area contributed by atoms with E-state index in [2.05, 4.69) is 9.88 Å². The molecular weight excluding hydrogens is 216 g/mol. The van der Waals surface area contributed by atoms with Crippen LogP contribution in [0.3, 0.4) is 0 Å². The van der Waals surface area contributed by atoms with Crippen LogP contribution in [0.2, 0.25) is 0 Å². The van der Waals surface area contributed by atoms with Gasteiger partial charge in [-0.25, -0.2) is 4.98 Å². The van der Waals surface area contributed by atoms with E-state index in [1.807, 2.05) is 19.2 Å². The molecule has 1 N–H and O–H groups in total. The van der Waals surface area contributed by atoms with Crippen molar-refractivity contribution >= 4 is 5.82 Å². The molecule has 4 heteroatoms. The van der Waals surface area contributed by atoms with Crippen LogP contribution >= 0.6 is 0 Å². The van der Waals surface area contributed by atoms with Crippen molar-refractivity contribution in [1.82, 2.24) is 4.98 Å². The molecule has 1 aromatic rings. The maximum Gasteiger partial charge on any atom is 0.133 e. The van der Waals surface area contributed by atoms with Gasteiger partial charge in [0, 0.05) is 32.0 Å². The lowest BCUT2D eigenvalue weighted by Gasteiger charge is -2.28. The van der Waals surface area contributed by atoms with E-state index in [9.17, 15) is 5.11 Å². The normalized spacial score (nSPS) is 20.2. The molecule has 1 aromatic heterocycles. The molecule has 0 spiro atoms. The SMILES string of the molecule is CN(CC1CCCCO1)c1ncccc1CO. The number of hydrogen-bond donors (Lipinski definition) is 1. The average Bonchev–Trinajstić information content (AvgIpc) is 2.40. The Morgan fingerprint density at radius 3 is 3.12 bits per heavy atom. The van der Waals surface area contributed by atoms with Crippen molar-refractivity contribution in [2.45, 2.75) is 32.0 Å². The van der Waals surface area contributed by atoms with Gasteiger partial charge < -0.3 is 14.7 Å². The maximum absolute atomic E-state index is 9.28. The van der Waals surface area contributed by atoms with Gasteiger partial charge in [-0.15, -0.1) is 0 Å². The molecule has 4 nitrogen and oxygen atoms in total. The molecular formula is C13H20N2O2. The fraction of sp³-hybridized carbons (Fsp3) is 0.615. The Morgan fingerprint density at radius 2 is 2.41 bits per heavy atom. The molecule has 0 bridgehead atoms. The summed E-state index contributed by atoms with van der Waals surface area (Å²) in [7, 11) is 2.00. The lowest BCUT2D eigenvalue weighted by Crippen LogP contribution is -2.34. The molecule has 1 aliphatic rings. The molecule has 2 heterocycles. The molecule has 2 rings (SSSR count). The summed E-state index contributed by atoms with van der Waals surface area (Å²) in [5.74, 6) is 0.851. The summed E-state index contributed by atoms with van der Waals surface area (Å²) in [6.07, 6.45) is 5.58. The van der Waals surface area contributed by atoms with Gasteiger partial charge in [0.2, 0.25) is 0 Å². The number of aliphatic hydroxyl groups is 1. The lowest BCUT2D eigenvalue weighted by molar-refractivity contribution is 0.0215. The van der Waals surface area contributed by atoms with Gasteiger partial charge >= 0.3 is 0 Å². The van der Waals surface area contributed by atoms with E-state index in [1.54, 1.807) is 6.20 Å². The zero-order valence-electron chi connectivity index (χ0n) is 10.3. The standard InChI is InChI=1S/C13H20N2O2/c1-15(9-12-6-2-3-8-17-12)13-11(10-16)5-4-7-14-13/h4-5,7,12,16H,2-3,6,8-10H2,1H3. The maximum atomic E-state index is 9.28. The zero-order chi connectivity index (χ0) is 12.1. The molecule has 94 valence electrons. The second-order valence-electron chi connectivity index (χ2n) is 4.51. The number of anilines is 1. The minimum atomic E-state index is 0.0268. The number of pyridine rings is 1. The number of aromatic nitrogens is 1. The summed E-state index contributed by atoms with van der Waals surface area (Å²) in [6.45, 7) is 1.73. The largest absolute Gasteiger partial charge is 0.392 e. The van der Waals surface area contributed by atoms with Crippen molar-refractivity contribution in [3.63, 3.8) is 0 Å². The highest BCUT2D eigenvalue weighted by atomic mass is 16.5. The van der Waals surface area contributed by atoms with Gasteiger partial charge in [0.05, 0.1) is 12.7 Å². The zero-order valence-corrected chi connectivity index (χ0v) is 10.3. The average molecular weight is 236 g/mol. The molecule has 1 atom stereocenters. The second-order valence-corrected chi connectivity index (χ2v) is 4.51. The van der Waals surface area contributed by atoms with Crippen LogP contribution in [0.4, 0.5) is 5.82 Å². The van der Waals surface area contributed by atoms with Crippen molar-refractivity contribution in [3.8, 4) is 0 Å². The quantitative estimate of drug-likeness (QED) is 0.862. The number of ether oxygens (including phenoxy) is 1. The number of likely N-dealkylation sites (N-methyl/N-ethyl adjacent to an activating group) is 1. The minimum absolute atomic E-state index is 0.0268. The third-order valence-electron chi connectivity index (χ3n) is 3.15. The minimum Gasteiger partial charge on any atom is -0.392 e. The van der Waals surface area contributed by atoms with Crippen LogP contribution in [0, 0.1) is 0 Å². The molecule has 0 amide bonds. The topological polar surface area (TPSA) is 45.6 Å². The van der Waals surface area contributed by atoms with Gasteiger partial charge in [-0.2, -0.15) is 0 Å². The first-order valence-corrected chi connectivity index (χ1v) is 6.18.